The Kier molecular flexibility index (Phi) is 7.64. The van der Waals surface area contributed by atoms with Crippen LogP contribution in [0.4, 0.5) is 5.13 Å². The normalized spacial score (nSPS) is 17.4. The van der Waals surface area contributed by atoms with E-state index in [1.165, 1.54) is 47.2 Å². The summed E-state index contributed by atoms with van der Waals surface area (Å²) in [6, 6.07) is 19.9. The lowest BCUT2D eigenvalue weighted by Gasteiger charge is -2.23. The largest absolute Gasteiger partial charge is 0.507 e. The van der Waals surface area contributed by atoms with Gasteiger partial charge in [-0.1, -0.05) is 65.6 Å². The van der Waals surface area contributed by atoms with Crippen LogP contribution in [0.25, 0.3) is 5.76 Å². The minimum absolute atomic E-state index is 0.129. The Morgan fingerprint density at radius 1 is 1.00 bits per heavy atom. The van der Waals surface area contributed by atoms with Gasteiger partial charge in [-0.3, -0.25) is 14.5 Å². The zero-order valence-corrected chi connectivity index (χ0v) is 23.8. The number of thioether (sulfide) groups is 1. The van der Waals surface area contributed by atoms with Crippen molar-refractivity contribution in [3.05, 3.63) is 101 Å². The molecule has 42 heavy (non-hydrogen) atoms. The van der Waals surface area contributed by atoms with E-state index < -0.39 is 23.7 Å². The van der Waals surface area contributed by atoms with Gasteiger partial charge in [0.15, 0.2) is 15.8 Å². The van der Waals surface area contributed by atoms with Crippen molar-refractivity contribution in [1.29, 1.82) is 0 Å². The van der Waals surface area contributed by atoms with E-state index in [0.29, 0.717) is 45.9 Å². The molecule has 10 nitrogen and oxygen atoms in total. The lowest BCUT2D eigenvalue weighted by molar-refractivity contribution is -0.132. The number of esters is 1. The Morgan fingerprint density at radius 3 is 2.45 bits per heavy atom. The number of rotatable bonds is 7. The van der Waals surface area contributed by atoms with Crippen molar-refractivity contribution >= 4 is 51.6 Å². The maximum absolute atomic E-state index is 13.5. The minimum atomic E-state index is -1.04. The minimum Gasteiger partial charge on any atom is -0.507 e. The second-order valence-electron chi connectivity index (χ2n) is 9.27. The number of methoxy groups -OCH3 is 1. The topological polar surface area (TPSA) is 128 Å². The fourth-order valence-corrected chi connectivity index (χ4v) is 6.51. The number of nitrogens with zero attached hydrogens (tertiary/aromatic N) is 3. The van der Waals surface area contributed by atoms with E-state index in [1.54, 1.807) is 30.3 Å². The molecule has 12 heteroatoms. The van der Waals surface area contributed by atoms with E-state index in [0.717, 1.165) is 5.56 Å². The summed E-state index contributed by atoms with van der Waals surface area (Å²) in [5, 5.41) is 20.2. The van der Waals surface area contributed by atoms with Crippen molar-refractivity contribution in [2.45, 2.75) is 16.1 Å². The molecule has 1 atom stereocenters. The zero-order chi connectivity index (χ0) is 29.2. The van der Waals surface area contributed by atoms with Crippen molar-refractivity contribution in [1.82, 2.24) is 10.2 Å². The molecule has 212 valence electrons. The van der Waals surface area contributed by atoms with Gasteiger partial charge in [0.05, 0.1) is 24.3 Å². The second-order valence-corrected chi connectivity index (χ2v) is 11.4. The van der Waals surface area contributed by atoms with Crippen LogP contribution in [-0.4, -0.2) is 53.3 Å². The van der Waals surface area contributed by atoms with E-state index in [2.05, 4.69) is 10.2 Å². The van der Waals surface area contributed by atoms with E-state index in [9.17, 15) is 19.5 Å². The van der Waals surface area contributed by atoms with E-state index in [1.807, 2.05) is 30.3 Å². The SMILES string of the molecule is COC(=O)c1ccc([C@@H]2C(=C(O)c3ccc4c(c3)OCCO4)C(=O)C(=O)N2c2nnc(SCc3ccccc3)s2)cc1. The summed E-state index contributed by atoms with van der Waals surface area (Å²) in [7, 11) is 1.28. The number of ketones is 1. The number of benzene rings is 3. The highest BCUT2D eigenvalue weighted by Crippen LogP contribution is 2.45. The molecule has 1 aromatic heterocycles. The van der Waals surface area contributed by atoms with Gasteiger partial charge in [-0.05, 0) is 41.5 Å². The van der Waals surface area contributed by atoms with Crippen LogP contribution in [0.1, 0.15) is 33.1 Å². The van der Waals surface area contributed by atoms with Gasteiger partial charge in [-0.15, -0.1) is 10.2 Å². The van der Waals surface area contributed by atoms with Crippen LogP contribution in [0, 0.1) is 0 Å². The molecular formula is C30H23N3O7S2. The van der Waals surface area contributed by atoms with Crippen LogP contribution in [0.5, 0.6) is 11.5 Å². The quantitative estimate of drug-likeness (QED) is 0.0771. The highest BCUT2D eigenvalue weighted by Gasteiger charge is 2.48. The van der Waals surface area contributed by atoms with E-state index >= 15 is 0 Å². The Balaban J connectivity index is 1.41. The monoisotopic (exact) mass is 601 g/mol. The number of carbonyl (C=O) groups excluding carboxylic acids is 3. The van der Waals surface area contributed by atoms with Gasteiger partial charge in [0.1, 0.15) is 19.0 Å². The zero-order valence-electron chi connectivity index (χ0n) is 22.2. The fraction of sp³-hybridized carbons (Fsp3) is 0.167. The number of Topliss-reactive ketones (excluding diaryl/α,β-unsaturated/α-hetero) is 1. The Bertz CT molecular complexity index is 1700. The number of hydrogen-bond donors (Lipinski definition) is 1. The molecule has 0 unspecified atom stereocenters. The molecule has 0 aliphatic carbocycles. The summed E-state index contributed by atoms with van der Waals surface area (Å²) < 4.78 is 16.6. The summed E-state index contributed by atoms with van der Waals surface area (Å²) >= 11 is 2.63. The number of aliphatic hydroxyl groups is 1. The molecule has 1 amide bonds. The van der Waals surface area contributed by atoms with Crippen molar-refractivity contribution < 1.29 is 33.7 Å². The average molecular weight is 602 g/mol. The molecule has 6 rings (SSSR count). The number of aromatic nitrogens is 2. The highest BCUT2D eigenvalue weighted by atomic mass is 32.2. The maximum Gasteiger partial charge on any atom is 0.337 e. The first-order valence-corrected chi connectivity index (χ1v) is 14.6. The Morgan fingerprint density at radius 2 is 1.71 bits per heavy atom. The third kappa shape index (κ3) is 5.21. The summed E-state index contributed by atoms with van der Waals surface area (Å²) in [6.45, 7) is 0.744. The van der Waals surface area contributed by atoms with Gasteiger partial charge in [0.2, 0.25) is 5.13 Å². The molecule has 2 aliphatic heterocycles. The number of amides is 1. The Hall–Kier alpha value is -4.68. The molecular weight excluding hydrogens is 578 g/mol. The number of anilines is 1. The fourth-order valence-electron chi connectivity index (χ4n) is 4.69. The van der Waals surface area contributed by atoms with Crippen LogP contribution in [0.15, 0.2) is 82.7 Å². The molecule has 4 aromatic rings. The third-order valence-electron chi connectivity index (χ3n) is 6.71. The van der Waals surface area contributed by atoms with Crippen molar-refractivity contribution in [3.63, 3.8) is 0 Å². The molecule has 0 radical (unpaired) electrons. The molecule has 1 saturated heterocycles. The maximum atomic E-state index is 13.5. The smallest absolute Gasteiger partial charge is 0.337 e. The highest BCUT2D eigenvalue weighted by molar-refractivity contribution is 8.00. The Labute approximate surface area is 248 Å². The molecule has 3 aromatic carbocycles. The lowest BCUT2D eigenvalue weighted by Crippen LogP contribution is -2.29. The predicted molar refractivity (Wildman–Crippen MR) is 156 cm³/mol. The van der Waals surface area contributed by atoms with Crippen LogP contribution < -0.4 is 14.4 Å². The van der Waals surface area contributed by atoms with Gasteiger partial charge in [-0.2, -0.15) is 0 Å². The first-order valence-electron chi connectivity index (χ1n) is 12.8. The summed E-state index contributed by atoms with van der Waals surface area (Å²) in [5.74, 6) is -1.05. The third-order valence-corrected chi connectivity index (χ3v) is 8.84. The first-order chi connectivity index (χ1) is 20.4. The number of ether oxygens (including phenoxy) is 3. The van der Waals surface area contributed by atoms with Crippen LogP contribution in [0.3, 0.4) is 0 Å². The van der Waals surface area contributed by atoms with Crippen LogP contribution in [-0.2, 0) is 20.1 Å². The van der Waals surface area contributed by atoms with Gasteiger partial charge in [0.25, 0.3) is 5.78 Å². The van der Waals surface area contributed by atoms with Crippen LogP contribution >= 0.6 is 23.1 Å². The predicted octanol–water partition coefficient (Wildman–Crippen LogP) is 5.01. The number of carbonyl (C=O) groups is 3. The van der Waals surface area contributed by atoms with Crippen LogP contribution in [0.2, 0.25) is 0 Å². The van der Waals surface area contributed by atoms with Gasteiger partial charge < -0.3 is 19.3 Å². The van der Waals surface area contributed by atoms with Gasteiger partial charge >= 0.3 is 11.9 Å². The molecule has 2 aliphatic rings. The molecule has 3 heterocycles. The number of hydrogen-bond acceptors (Lipinski definition) is 11. The standard InChI is InChI=1S/C30H23N3O7S2/c1-38-28(37)19-9-7-18(8-10-19)24-23(25(34)20-11-12-21-22(15-20)40-14-13-39-21)26(35)27(36)33(24)29-31-32-30(42-29)41-16-17-5-3-2-4-6-17/h2-12,15,24,34H,13-14,16H2,1H3/t24-/m1/s1. The van der Waals surface area contributed by atoms with E-state index in [-0.39, 0.29) is 22.0 Å². The number of fused-ring (bicyclic) bond motifs is 1. The van der Waals surface area contributed by atoms with Gasteiger partial charge in [0, 0.05) is 11.3 Å². The first kappa shape index (κ1) is 27.5. The van der Waals surface area contributed by atoms with Gasteiger partial charge in [-0.25, -0.2) is 4.79 Å². The molecule has 1 N–H and O–H groups in total. The lowest BCUT2D eigenvalue weighted by atomic mass is 9.94. The molecule has 0 saturated carbocycles. The van der Waals surface area contributed by atoms with Crippen molar-refractivity contribution in [3.8, 4) is 11.5 Å². The molecule has 0 spiro atoms. The second kappa shape index (κ2) is 11.7. The molecule has 0 bridgehead atoms. The molecule has 1 fully saturated rings. The van der Waals surface area contributed by atoms with E-state index in [4.69, 9.17) is 14.2 Å². The summed E-state index contributed by atoms with van der Waals surface area (Å²) in [5.41, 5.74) is 2.03. The van der Waals surface area contributed by atoms with Crippen molar-refractivity contribution in [2.24, 2.45) is 0 Å². The summed E-state index contributed by atoms with van der Waals surface area (Å²) in [4.78, 5) is 40.3. The average Bonchev–Trinajstić information content (AvgIpc) is 3.61. The summed E-state index contributed by atoms with van der Waals surface area (Å²) in [6.07, 6.45) is 0. The number of aliphatic hydroxyl groups excluding tert-OH is 1. The van der Waals surface area contributed by atoms with Crippen molar-refractivity contribution in [2.75, 3.05) is 25.2 Å².